The molecule has 3 nitrogen and oxygen atoms in total. The van der Waals surface area contributed by atoms with Crippen LogP contribution in [0.4, 0.5) is 0 Å². The zero-order chi connectivity index (χ0) is 20.3. The minimum atomic E-state index is -0.391. The SMILES string of the molecule is C=CCOC(=O)C(Cc1ccccc1)N(Cc1ccccc1)Cc1ccccc1. The maximum atomic E-state index is 13.0. The third-order valence-electron chi connectivity index (χ3n) is 4.79. The Kier molecular flexibility index (Phi) is 7.79. The molecule has 3 rings (SSSR count). The van der Waals surface area contributed by atoms with E-state index in [1.807, 2.05) is 54.6 Å². The maximum absolute atomic E-state index is 13.0. The van der Waals surface area contributed by atoms with E-state index in [0.29, 0.717) is 19.5 Å². The summed E-state index contributed by atoms with van der Waals surface area (Å²) in [6.45, 7) is 5.21. The van der Waals surface area contributed by atoms with E-state index in [9.17, 15) is 4.79 Å². The predicted octanol–water partition coefficient (Wildman–Crippen LogP) is 5.03. The Morgan fingerprint density at radius 3 is 1.69 bits per heavy atom. The van der Waals surface area contributed by atoms with Crippen molar-refractivity contribution in [1.29, 1.82) is 0 Å². The fourth-order valence-electron chi connectivity index (χ4n) is 3.35. The lowest BCUT2D eigenvalue weighted by atomic mass is 10.0. The molecular formula is C26H27NO2. The number of ether oxygens (including phenoxy) is 1. The summed E-state index contributed by atoms with van der Waals surface area (Å²) in [4.78, 5) is 15.2. The Labute approximate surface area is 173 Å². The van der Waals surface area contributed by atoms with Gasteiger partial charge in [0.05, 0.1) is 0 Å². The van der Waals surface area contributed by atoms with Crippen molar-refractivity contribution in [2.45, 2.75) is 25.6 Å². The lowest BCUT2D eigenvalue weighted by Crippen LogP contribution is -2.43. The summed E-state index contributed by atoms with van der Waals surface area (Å²) in [7, 11) is 0. The van der Waals surface area contributed by atoms with Gasteiger partial charge in [0.15, 0.2) is 0 Å². The molecule has 148 valence electrons. The number of benzene rings is 3. The van der Waals surface area contributed by atoms with Gasteiger partial charge in [0.1, 0.15) is 12.6 Å². The number of nitrogens with zero attached hydrogens (tertiary/aromatic N) is 1. The molecule has 0 bridgehead atoms. The number of hydrogen-bond donors (Lipinski definition) is 0. The quantitative estimate of drug-likeness (QED) is 0.362. The van der Waals surface area contributed by atoms with Crippen molar-refractivity contribution in [1.82, 2.24) is 4.90 Å². The summed E-state index contributed by atoms with van der Waals surface area (Å²) in [6.07, 6.45) is 2.20. The molecule has 1 atom stereocenters. The van der Waals surface area contributed by atoms with E-state index >= 15 is 0 Å². The van der Waals surface area contributed by atoms with Crippen molar-refractivity contribution in [3.8, 4) is 0 Å². The zero-order valence-electron chi connectivity index (χ0n) is 16.6. The van der Waals surface area contributed by atoms with Gasteiger partial charge in [0.25, 0.3) is 0 Å². The van der Waals surface area contributed by atoms with Gasteiger partial charge < -0.3 is 4.74 Å². The predicted molar refractivity (Wildman–Crippen MR) is 117 cm³/mol. The van der Waals surface area contributed by atoms with Crippen LogP contribution in [-0.2, 0) is 29.0 Å². The van der Waals surface area contributed by atoms with Gasteiger partial charge >= 0.3 is 5.97 Å². The molecule has 1 unspecified atom stereocenters. The third kappa shape index (κ3) is 6.44. The van der Waals surface area contributed by atoms with Crippen LogP contribution < -0.4 is 0 Å². The average Bonchev–Trinajstić information content (AvgIpc) is 2.77. The van der Waals surface area contributed by atoms with Gasteiger partial charge in [-0.2, -0.15) is 0 Å². The van der Waals surface area contributed by atoms with Crippen LogP contribution in [-0.4, -0.2) is 23.5 Å². The summed E-state index contributed by atoms with van der Waals surface area (Å²) in [5, 5.41) is 0. The smallest absolute Gasteiger partial charge is 0.324 e. The summed E-state index contributed by atoms with van der Waals surface area (Å²) >= 11 is 0. The zero-order valence-corrected chi connectivity index (χ0v) is 16.6. The van der Waals surface area contributed by atoms with Crippen LogP contribution in [0.15, 0.2) is 104 Å². The van der Waals surface area contributed by atoms with Crippen LogP contribution in [0.25, 0.3) is 0 Å². The molecule has 0 aromatic heterocycles. The normalized spacial score (nSPS) is 11.8. The highest BCUT2D eigenvalue weighted by molar-refractivity contribution is 5.76. The molecular weight excluding hydrogens is 358 g/mol. The largest absolute Gasteiger partial charge is 0.460 e. The first kappa shape index (κ1) is 20.6. The maximum Gasteiger partial charge on any atom is 0.324 e. The molecule has 0 spiro atoms. The van der Waals surface area contributed by atoms with E-state index in [4.69, 9.17) is 4.74 Å². The van der Waals surface area contributed by atoms with E-state index in [1.165, 1.54) is 0 Å². The molecule has 0 amide bonds. The van der Waals surface area contributed by atoms with Crippen LogP contribution in [0, 0.1) is 0 Å². The van der Waals surface area contributed by atoms with Crippen molar-refractivity contribution in [3.05, 3.63) is 120 Å². The van der Waals surface area contributed by atoms with E-state index < -0.39 is 6.04 Å². The molecule has 0 radical (unpaired) electrons. The first-order valence-electron chi connectivity index (χ1n) is 9.89. The van der Waals surface area contributed by atoms with Crippen molar-refractivity contribution in [3.63, 3.8) is 0 Å². The molecule has 0 aliphatic heterocycles. The fraction of sp³-hybridized carbons (Fsp3) is 0.192. The first-order valence-corrected chi connectivity index (χ1v) is 9.89. The van der Waals surface area contributed by atoms with E-state index in [1.54, 1.807) is 6.08 Å². The van der Waals surface area contributed by atoms with Gasteiger partial charge in [-0.3, -0.25) is 9.69 Å². The summed E-state index contributed by atoms with van der Waals surface area (Å²) in [5.74, 6) is -0.222. The highest BCUT2D eigenvalue weighted by Crippen LogP contribution is 2.18. The van der Waals surface area contributed by atoms with Gasteiger partial charge in [0.2, 0.25) is 0 Å². The van der Waals surface area contributed by atoms with Gasteiger partial charge in [-0.1, -0.05) is 104 Å². The monoisotopic (exact) mass is 385 g/mol. The third-order valence-corrected chi connectivity index (χ3v) is 4.79. The molecule has 0 fully saturated rings. The Hall–Kier alpha value is -3.17. The van der Waals surface area contributed by atoms with Crippen LogP contribution in [0.1, 0.15) is 16.7 Å². The molecule has 3 aromatic rings. The van der Waals surface area contributed by atoms with Crippen LogP contribution in [0.5, 0.6) is 0 Å². The Morgan fingerprint density at radius 1 is 0.793 bits per heavy atom. The molecule has 0 aliphatic rings. The lowest BCUT2D eigenvalue weighted by molar-refractivity contribution is -0.149. The van der Waals surface area contributed by atoms with Crippen LogP contribution in [0.2, 0.25) is 0 Å². The second kappa shape index (κ2) is 11.0. The van der Waals surface area contributed by atoms with E-state index in [-0.39, 0.29) is 12.6 Å². The Balaban J connectivity index is 1.90. The number of carbonyl (C=O) groups excluding carboxylic acids is 1. The first-order chi connectivity index (χ1) is 14.3. The minimum absolute atomic E-state index is 0.217. The van der Waals surface area contributed by atoms with E-state index in [2.05, 4.69) is 47.9 Å². The molecule has 0 N–H and O–H groups in total. The number of esters is 1. The second-order valence-electron chi connectivity index (χ2n) is 7.00. The molecule has 3 heteroatoms. The number of rotatable bonds is 10. The van der Waals surface area contributed by atoms with Crippen LogP contribution >= 0.6 is 0 Å². The second-order valence-corrected chi connectivity index (χ2v) is 7.00. The topological polar surface area (TPSA) is 29.5 Å². The van der Waals surface area contributed by atoms with Gasteiger partial charge in [-0.25, -0.2) is 0 Å². The highest BCUT2D eigenvalue weighted by atomic mass is 16.5. The summed E-state index contributed by atoms with van der Waals surface area (Å²) in [6, 6.07) is 30.2. The Morgan fingerprint density at radius 2 is 1.24 bits per heavy atom. The van der Waals surface area contributed by atoms with Gasteiger partial charge in [-0.05, 0) is 23.1 Å². The molecule has 0 heterocycles. The average molecular weight is 386 g/mol. The minimum Gasteiger partial charge on any atom is -0.460 e. The fourth-order valence-corrected chi connectivity index (χ4v) is 3.35. The van der Waals surface area contributed by atoms with Crippen LogP contribution in [0.3, 0.4) is 0 Å². The molecule has 0 aliphatic carbocycles. The van der Waals surface area contributed by atoms with Gasteiger partial charge in [0, 0.05) is 13.1 Å². The molecule has 0 saturated carbocycles. The number of carbonyl (C=O) groups is 1. The van der Waals surface area contributed by atoms with Crippen molar-refractivity contribution in [2.24, 2.45) is 0 Å². The molecule has 0 saturated heterocycles. The van der Waals surface area contributed by atoms with E-state index in [0.717, 1.165) is 16.7 Å². The highest BCUT2D eigenvalue weighted by Gasteiger charge is 2.28. The summed E-state index contributed by atoms with van der Waals surface area (Å²) in [5.41, 5.74) is 3.44. The molecule has 29 heavy (non-hydrogen) atoms. The standard InChI is InChI=1S/C26H27NO2/c1-2-18-29-26(28)25(19-22-12-6-3-7-13-22)27(20-23-14-8-4-9-15-23)21-24-16-10-5-11-17-24/h2-17,25H,1,18-21H2. The van der Waals surface area contributed by atoms with Crippen molar-refractivity contribution in [2.75, 3.05) is 6.61 Å². The van der Waals surface area contributed by atoms with Gasteiger partial charge in [-0.15, -0.1) is 0 Å². The summed E-state index contributed by atoms with van der Waals surface area (Å²) < 4.78 is 5.48. The number of hydrogen-bond acceptors (Lipinski definition) is 3. The lowest BCUT2D eigenvalue weighted by Gasteiger charge is -2.30. The Bertz CT molecular complexity index is 837. The molecule has 3 aromatic carbocycles. The van der Waals surface area contributed by atoms with Crippen molar-refractivity contribution >= 4 is 5.97 Å². The van der Waals surface area contributed by atoms with Crippen molar-refractivity contribution < 1.29 is 9.53 Å².